The predicted molar refractivity (Wildman–Crippen MR) is 73.3 cm³/mol. The molecule has 2 aromatic rings. The van der Waals surface area contributed by atoms with Crippen LogP contribution >= 0.6 is 27.3 Å². The Kier molecular flexibility index (Phi) is 4.26. The Labute approximate surface area is 121 Å². The molecule has 0 spiro atoms. The minimum Gasteiger partial charge on any atom is -0.452 e. The summed E-state index contributed by atoms with van der Waals surface area (Å²) in [6.07, 6.45) is 0. The van der Waals surface area contributed by atoms with Crippen LogP contribution in [0.25, 0.3) is 0 Å². The first kappa shape index (κ1) is 14.5. The molecular formula is C9H10BrN3O4S2. The molecule has 0 radical (unpaired) electrons. The van der Waals surface area contributed by atoms with Crippen molar-refractivity contribution in [3.63, 3.8) is 0 Å². The zero-order valence-electron chi connectivity index (χ0n) is 9.47. The summed E-state index contributed by atoms with van der Waals surface area (Å²) in [6.45, 7) is 0.0998. The minimum atomic E-state index is -3.73. The topological polar surface area (TPSA) is 118 Å². The van der Waals surface area contributed by atoms with E-state index in [1.54, 1.807) is 5.38 Å². The van der Waals surface area contributed by atoms with Crippen molar-refractivity contribution in [1.82, 2.24) is 9.71 Å². The molecule has 104 valence electrons. The summed E-state index contributed by atoms with van der Waals surface area (Å²) in [6, 6.07) is 1.35. The van der Waals surface area contributed by atoms with Gasteiger partial charge in [-0.1, -0.05) is 11.3 Å². The second-order valence-corrected chi connectivity index (χ2v) is 6.85. The number of aromatic amines is 1. The van der Waals surface area contributed by atoms with Crippen LogP contribution in [0.4, 0.5) is 0 Å². The first-order valence-electron chi connectivity index (χ1n) is 5.07. The second-order valence-electron chi connectivity index (χ2n) is 3.55. The zero-order valence-corrected chi connectivity index (χ0v) is 12.7. The highest BCUT2D eigenvalue weighted by atomic mass is 79.9. The number of sulfonamides is 1. The van der Waals surface area contributed by atoms with E-state index in [-0.39, 0.29) is 27.5 Å². The Morgan fingerprint density at radius 1 is 1.53 bits per heavy atom. The van der Waals surface area contributed by atoms with Crippen LogP contribution in [-0.4, -0.2) is 13.4 Å². The van der Waals surface area contributed by atoms with E-state index in [4.69, 9.17) is 10.2 Å². The van der Waals surface area contributed by atoms with Crippen molar-refractivity contribution >= 4 is 37.3 Å². The molecule has 2 aromatic heterocycles. The number of rotatable bonds is 5. The van der Waals surface area contributed by atoms with Crippen molar-refractivity contribution in [3.05, 3.63) is 37.2 Å². The van der Waals surface area contributed by atoms with Gasteiger partial charge in [0.2, 0.25) is 10.0 Å². The Morgan fingerprint density at radius 2 is 2.26 bits per heavy atom. The number of hydrogen-bond donors (Lipinski definition) is 3. The lowest BCUT2D eigenvalue weighted by Gasteiger charge is -2.03. The molecule has 19 heavy (non-hydrogen) atoms. The standard InChI is InChI=1S/C9H10BrN3O4S2/c10-8-7(1-6(2-11)17-8)19(15,16)12-3-5-4-18-9(14)13-5/h1,4,12H,2-3,11H2,(H,13,14). The maximum atomic E-state index is 12.0. The number of nitrogens with one attached hydrogen (secondary N) is 2. The van der Waals surface area contributed by atoms with Crippen LogP contribution in [0.2, 0.25) is 0 Å². The van der Waals surface area contributed by atoms with E-state index in [9.17, 15) is 13.2 Å². The molecule has 0 saturated carbocycles. The van der Waals surface area contributed by atoms with Crippen LogP contribution in [0.3, 0.4) is 0 Å². The van der Waals surface area contributed by atoms with Gasteiger partial charge >= 0.3 is 4.87 Å². The van der Waals surface area contributed by atoms with Gasteiger partial charge in [0.25, 0.3) is 0 Å². The van der Waals surface area contributed by atoms with E-state index in [1.165, 1.54) is 6.07 Å². The van der Waals surface area contributed by atoms with Crippen molar-refractivity contribution in [2.75, 3.05) is 0 Å². The lowest BCUT2D eigenvalue weighted by molar-refractivity contribution is 0.483. The molecule has 7 nitrogen and oxygen atoms in total. The van der Waals surface area contributed by atoms with Crippen LogP contribution in [0.1, 0.15) is 11.5 Å². The van der Waals surface area contributed by atoms with Gasteiger partial charge in [0.1, 0.15) is 10.7 Å². The average molecular weight is 368 g/mol. The molecule has 0 aliphatic heterocycles. The summed E-state index contributed by atoms with van der Waals surface area (Å²) < 4.78 is 31.6. The SMILES string of the molecule is NCc1cc(S(=O)(=O)NCc2csc(=O)[nH]2)c(Br)o1. The summed E-state index contributed by atoms with van der Waals surface area (Å²) in [7, 11) is -3.73. The van der Waals surface area contributed by atoms with Gasteiger partial charge < -0.3 is 15.1 Å². The highest BCUT2D eigenvalue weighted by molar-refractivity contribution is 9.10. The molecule has 0 aromatic carbocycles. The quantitative estimate of drug-likeness (QED) is 0.719. The van der Waals surface area contributed by atoms with E-state index < -0.39 is 10.0 Å². The first-order valence-corrected chi connectivity index (χ1v) is 8.22. The van der Waals surface area contributed by atoms with Crippen LogP contribution in [0, 0.1) is 0 Å². The molecule has 2 rings (SSSR count). The van der Waals surface area contributed by atoms with Gasteiger partial charge in [0.15, 0.2) is 4.67 Å². The number of furan rings is 1. The second kappa shape index (κ2) is 5.59. The monoisotopic (exact) mass is 367 g/mol. The fourth-order valence-electron chi connectivity index (χ4n) is 1.33. The molecule has 0 atom stereocenters. The molecule has 0 saturated heterocycles. The summed E-state index contributed by atoms with van der Waals surface area (Å²) >= 11 is 4.00. The Hall–Kier alpha value is -0.940. The Bertz CT molecular complexity index is 731. The molecular weight excluding hydrogens is 358 g/mol. The van der Waals surface area contributed by atoms with E-state index in [0.29, 0.717) is 11.5 Å². The van der Waals surface area contributed by atoms with Crippen molar-refractivity contribution in [2.24, 2.45) is 5.73 Å². The molecule has 0 aliphatic carbocycles. The lowest BCUT2D eigenvalue weighted by atomic mass is 10.5. The number of nitrogens with two attached hydrogens (primary N) is 1. The van der Waals surface area contributed by atoms with Gasteiger partial charge in [-0.05, 0) is 15.9 Å². The third-order valence-electron chi connectivity index (χ3n) is 2.22. The van der Waals surface area contributed by atoms with Gasteiger partial charge in [-0.2, -0.15) is 0 Å². The highest BCUT2D eigenvalue weighted by Crippen LogP contribution is 2.25. The van der Waals surface area contributed by atoms with E-state index in [2.05, 4.69) is 25.6 Å². The van der Waals surface area contributed by atoms with Gasteiger partial charge in [0.05, 0.1) is 13.1 Å². The summed E-state index contributed by atoms with van der Waals surface area (Å²) in [5, 5.41) is 1.56. The van der Waals surface area contributed by atoms with Crippen molar-refractivity contribution < 1.29 is 12.8 Å². The van der Waals surface area contributed by atoms with Crippen LogP contribution in [0.5, 0.6) is 0 Å². The average Bonchev–Trinajstić information content (AvgIpc) is 2.93. The van der Waals surface area contributed by atoms with E-state index in [0.717, 1.165) is 11.3 Å². The maximum absolute atomic E-state index is 12.0. The number of aromatic nitrogens is 1. The largest absolute Gasteiger partial charge is 0.452 e. The van der Waals surface area contributed by atoms with Crippen LogP contribution in [0.15, 0.2) is 30.2 Å². The summed E-state index contributed by atoms with van der Waals surface area (Å²) in [4.78, 5) is 13.2. The summed E-state index contributed by atoms with van der Waals surface area (Å²) in [5.74, 6) is 0.358. The maximum Gasteiger partial charge on any atom is 0.304 e. The number of halogens is 1. The number of H-pyrrole nitrogens is 1. The van der Waals surface area contributed by atoms with Crippen molar-refractivity contribution in [3.8, 4) is 0 Å². The Balaban J connectivity index is 2.18. The third-order valence-corrected chi connectivity index (χ3v) is 5.20. The molecule has 0 fully saturated rings. The lowest BCUT2D eigenvalue weighted by Crippen LogP contribution is -2.23. The highest BCUT2D eigenvalue weighted by Gasteiger charge is 2.22. The number of thiazole rings is 1. The van der Waals surface area contributed by atoms with Gasteiger partial charge in [-0.3, -0.25) is 4.79 Å². The fraction of sp³-hybridized carbons (Fsp3) is 0.222. The Morgan fingerprint density at radius 3 is 2.79 bits per heavy atom. The normalized spacial score (nSPS) is 11.9. The molecule has 2 heterocycles. The molecule has 0 bridgehead atoms. The van der Waals surface area contributed by atoms with Gasteiger partial charge in [0, 0.05) is 17.1 Å². The van der Waals surface area contributed by atoms with E-state index in [1.807, 2.05) is 0 Å². The predicted octanol–water partition coefficient (Wildman–Crippen LogP) is 0.729. The minimum absolute atomic E-state index is 0.00332. The smallest absolute Gasteiger partial charge is 0.304 e. The fourth-order valence-corrected chi connectivity index (χ4v) is 3.92. The zero-order chi connectivity index (χ0) is 14.0. The molecule has 0 amide bonds. The van der Waals surface area contributed by atoms with Gasteiger partial charge in [-0.15, -0.1) is 0 Å². The molecule has 0 unspecified atom stereocenters. The first-order chi connectivity index (χ1) is 8.92. The molecule has 4 N–H and O–H groups in total. The molecule has 0 aliphatic rings. The third kappa shape index (κ3) is 3.34. The van der Waals surface area contributed by atoms with Crippen LogP contribution < -0.4 is 15.3 Å². The van der Waals surface area contributed by atoms with E-state index >= 15 is 0 Å². The molecule has 10 heteroatoms. The van der Waals surface area contributed by atoms with Crippen molar-refractivity contribution in [2.45, 2.75) is 18.0 Å². The number of hydrogen-bond acceptors (Lipinski definition) is 6. The van der Waals surface area contributed by atoms with Gasteiger partial charge in [-0.25, -0.2) is 13.1 Å². The van der Waals surface area contributed by atoms with Crippen molar-refractivity contribution in [1.29, 1.82) is 0 Å². The summed E-state index contributed by atoms with van der Waals surface area (Å²) in [5.41, 5.74) is 5.87. The van der Waals surface area contributed by atoms with Crippen LogP contribution in [-0.2, 0) is 23.1 Å².